The molecule has 1 N–H and O–H groups in total. The van der Waals surface area contributed by atoms with E-state index in [9.17, 15) is 14.7 Å². The van der Waals surface area contributed by atoms with Crippen molar-refractivity contribution in [3.05, 3.63) is 35.5 Å². The van der Waals surface area contributed by atoms with Crippen LogP contribution >= 0.6 is 0 Å². The second kappa shape index (κ2) is 6.67. The largest absolute Gasteiger partial charge is 0.459 e. The molecule has 2 fully saturated rings. The predicted octanol–water partition coefficient (Wildman–Crippen LogP) is 2.22. The number of hydrogen-bond donors (Lipinski definition) is 1. The van der Waals surface area contributed by atoms with Gasteiger partial charge in [0.2, 0.25) is 0 Å². The van der Waals surface area contributed by atoms with Crippen LogP contribution in [-0.2, 0) is 23.8 Å². The molecule has 1 aliphatic carbocycles. The summed E-state index contributed by atoms with van der Waals surface area (Å²) in [6.45, 7) is 11.2. The van der Waals surface area contributed by atoms with Crippen LogP contribution in [0.15, 0.2) is 35.5 Å². The number of fused-ring (bicyclic) bond motifs is 1. The number of carbonyl (C=O) groups excluding carboxylic acids is 2. The lowest BCUT2D eigenvalue weighted by atomic mass is 9.85. The third kappa shape index (κ3) is 3.62. The first-order valence-electron chi connectivity index (χ1n) is 8.90. The molecule has 0 aromatic carbocycles. The first kappa shape index (κ1) is 18.9. The smallest absolute Gasteiger partial charge is 0.338 e. The van der Waals surface area contributed by atoms with Crippen LogP contribution in [0.5, 0.6) is 0 Å². The second-order valence-corrected chi connectivity index (χ2v) is 7.91. The van der Waals surface area contributed by atoms with Crippen LogP contribution in [0.3, 0.4) is 0 Å². The number of esters is 2. The van der Waals surface area contributed by atoms with E-state index in [0.717, 1.165) is 5.57 Å². The van der Waals surface area contributed by atoms with Gasteiger partial charge in [0.25, 0.3) is 0 Å². The van der Waals surface area contributed by atoms with E-state index in [-0.39, 0.29) is 5.57 Å². The molecule has 0 amide bonds. The summed E-state index contributed by atoms with van der Waals surface area (Å²) in [5, 5.41) is 10.2. The summed E-state index contributed by atoms with van der Waals surface area (Å²) in [4.78, 5) is 24.6. The fraction of sp³-hybridized carbons (Fsp3) is 0.600. The lowest BCUT2D eigenvalue weighted by molar-refractivity contribution is -0.153. The van der Waals surface area contributed by atoms with Gasteiger partial charge >= 0.3 is 11.9 Å². The van der Waals surface area contributed by atoms with Gasteiger partial charge in [-0.05, 0) is 45.8 Å². The Morgan fingerprint density at radius 3 is 2.65 bits per heavy atom. The number of carbonyl (C=O) groups is 2. The molecule has 3 aliphatic rings. The van der Waals surface area contributed by atoms with Crippen molar-refractivity contribution in [1.29, 1.82) is 0 Å². The van der Waals surface area contributed by atoms with E-state index in [4.69, 9.17) is 14.2 Å². The summed E-state index contributed by atoms with van der Waals surface area (Å²) in [5.41, 5.74) is 1.45. The highest BCUT2D eigenvalue weighted by Gasteiger charge is 2.55. The molecular formula is C20H26O6. The Morgan fingerprint density at radius 1 is 1.38 bits per heavy atom. The summed E-state index contributed by atoms with van der Waals surface area (Å²) in [5.74, 6) is -1.42. The van der Waals surface area contributed by atoms with Gasteiger partial charge in [-0.25, -0.2) is 9.59 Å². The highest BCUT2D eigenvalue weighted by Crippen LogP contribution is 2.40. The molecule has 5 atom stereocenters. The Hall–Kier alpha value is -1.92. The van der Waals surface area contributed by atoms with Gasteiger partial charge in [0.1, 0.15) is 17.8 Å². The fourth-order valence-corrected chi connectivity index (χ4v) is 3.50. The molecule has 142 valence electrons. The van der Waals surface area contributed by atoms with E-state index in [0.29, 0.717) is 18.4 Å². The maximum Gasteiger partial charge on any atom is 0.338 e. The van der Waals surface area contributed by atoms with E-state index in [1.54, 1.807) is 13.0 Å². The summed E-state index contributed by atoms with van der Waals surface area (Å²) in [7, 11) is 0. The van der Waals surface area contributed by atoms with Gasteiger partial charge in [0.05, 0.1) is 12.0 Å². The second-order valence-electron chi connectivity index (χ2n) is 7.91. The van der Waals surface area contributed by atoms with Crippen LogP contribution in [0.2, 0.25) is 0 Å². The number of aliphatic hydroxyl groups excluding tert-OH is 1. The molecule has 2 heterocycles. The van der Waals surface area contributed by atoms with Crippen LogP contribution in [0.4, 0.5) is 0 Å². The van der Waals surface area contributed by atoms with Crippen LogP contribution in [0.25, 0.3) is 0 Å². The predicted molar refractivity (Wildman–Crippen MR) is 94.1 cm³/mol. The summed E-state index contributed by atoms with van der Waals surface area (Å²) >= 11 is 0. The van der Waals surface area contributed by atoms with E-state index in [1.165, 1.54) is 0 Å². The van der Waals surface area contributed by atoms with Gasteiger partial charge in [0.15, 0.2) is 6.10 Å². The zero-order valence-electron chi connectivity index (χ0n) is 15.7. The van der Waals surface area contributed by atoms with Crippen molar-refractivity contribution in [2.75, 3.05) is 0 Å². The minimum Gasteiger partial charge on any atom is -0.459 e. The first-order chi connectivity index (χ1) is 12.1. The normalized spacial score (nSPS) is 40.4. The number of epoxide rings is 1. The SMILES string of the molecule is C=C1C(=O)O[C@H]2/C=C(\C)[C@@H](O)C/C=C(\C)C[C@@H](OC(=O)[C@H]3OC3(C)C)[C@@H]12. The summed E-state index contributed by atoms with van der Waals surface area (Å²) < 4.78 is 16.6. The van der Waals surface area contributed by atoms with Gasteiger partial charge in [-0.3, -0.25) is 0 Å². The first-order valence-corrected chi connectivity index (χ1v) is 8.90. The summed E-state index contributed by atoms with van der Waals surface area (Å²) in [6.07, 6.45) is 2.14. The molecule has 0 unspecified atom stereocenters. The quantitative estimate of drug-likeness (QED) is 0.351. The van der Waals surface area contributed by atoms with E-state index < -0.39 is 47.9 Å². The van der Waals surface area contributed by atoms with E-state index >= 15 is 0 Å². The van der Waals surface area contributed by atoms with Crippen LogP contribution in [-0.4, -0.2) is 47.1 Å². The highest BCUT2D eigenvalue weighted by atomic mass is 16.7. The lowest BCUT2D eigenvalue weighted by Crippen LogP contribution is -2.35. The van der Waals surface area contributed by atoms with Crippen molar-refractivity contribution >= 4 is 11.9 Å². The lowest BCUT2D eigenvalue weighted by Gasteiger charge is -2.27. The Kier molecular flexibility index (Phi) is 4.84. The third-order valence-electron chi connectivity index (χ3n) is 5.31. The van der Waals surface area contributed by atoms with Gasteiger partial charge in [-0.1, -0.05) is 18.2 Å². The fourth-order valence-electron chi connectivity index (χ4n) is 3.50. The Labute approximate surface area is 153 Å². The van der Waals surface area contributed by atoms with Crippen LogP contribution in [0.1, 0.15) is 40.5 Å². The molecule has 6 heteroatoms. The number of rotatable bonds is 2. The maximum absolute atomic E-state index is 12.5. The highest BCUT2D eigenvalue weighted by molar-refractivity contribution is 5.91. The zero-order valence-corrected chi connectivity index (χ0v) is 15.7. The van der Waals surface area contributed by atoms with E-state index in [2.05, 4.69) is 6.58 Å². The van der Waals surface area contributed by atoms with Crippen molar-refractivity contribution < 1.29 is 28.9 Å². The van der Waals surface area contributed by atoms with Crippen molar-refractivity contribution in [2.24, 2.45) is 5.92 Å². The van der Waals surface area contributed by atoms with Crippen molar-refractivity contribution in [3.63, 3.8) is 0 Å². The molecule has 0 bridgehead atoms. The van der Waals surface area contributed by atoms with Gasteiger partial charge < -0.3 is 19.3 Å². The standard InChI is InChI=1S/C20H26O6/c1-10-6-7-13(21)11(2)9-15-16(12(3)18(22)24-15)14(8-10)25-19(23)17-20(4,5)26-17/h6,9,13-17,21H,3,7-8H2,1-2,4-5H3/b10-6+,11-9+/t13-,14+,15-,16+,17+/m0/s1. The van der Waals surface area contributed by atoms with Crippen LogP contribution in [0, 0.1) is 5.92 Å². The van der Waals surface area contributed by atoms with Crippen molar-refractivity contribution in [3.8, 4) is 0 Å². The molecule has 0 aromatic rings. The molecule has 2 aliphatic heterocycles. The molecule has 3 rings (SSSR count). The van der Waals surface area contributed by atoms with Gasteiger partial charge in [-0.15, -0.1) is 0 Å². The molecule has 26 heavy (non-hydrogen) atoms. The topological polar surface area (TPSA) is 85.4 Å². The van der Waals surface area contributed by atoms with Crippen molar-refractivity contribution in [2.45, 2.75) is 70.6 Å². The Balaban J connectivity index is 1.90. The van der Waals surface area contributed by atoms with Crippen LogP contribution < -0.4 is 0 Å². The maximum atomic E-state index is 12.5. The van der Waals surface area contributed by atoms with Crippen molar-refractivity contribution in [1.82, 2.24) is 0 Å². The number of hydrogen-bond acceptors (Lipinski definition) is 6. The zero-order chi connectivity index (χ0) is 19.2. The molecule has 0 spiro atoms. The Bertz CT molecular complexity index is 701. The number of ether oxygens (including phenoxy) is 3. The third-order valence-corrected chi connectivity index (χ3v) is 5.31. The van der Waals surface area contributed by atoms with Gasteiger partial charge in [0, 0.05) is 12.0 Å². The minimum atomic E-state index is -0.641. The number of aliphatic hydroxyl groups is 1. The van der Waals surface area contributed by atoms with Gasteiger partial charge in [-0.2, -0.15) is 0 Å². The average Bonchev–Trinajstić information content (AvgIpc) is 3.10. The minimum absolute atomic E-state index is 0.288. The molecule has 2 saturated heterocycles. The molecule has 0 aromatic heterocycles. The summed E-state index contributed by atoms with van der Waals surface area (Å²) in [6, 6.07) is 0. The molecule has 0 radical (unpaired) electrons. The average molecular weight is 362 g/mol. The molecule has 6 nitrogen and oxygen atoms in total. The monoisotopic (exact) mass is 362 g/mol. The van der Waals surface area contributed by atoms with E-state index in [1.807, 2.05) is 26.8 Å². The molecule has 0 saturated carbocycles. The molecular weight excluding hydrogens is 336 g/mol. The Morgan fingerprint density at radius 2 is 2.04 bits per heavy atom.